The maximum atomic E-state index is 11.9. The molecule has 120 valence electrons. The molecule has 3 N–H and O–H groups in total. The zero-order chi connectivity index (χ0) is 15.8. The van der Waals surface area contributed by atoms with Gasteiger partial charge in [-0.2, -0.15) is 0 Å². The number of nitrogens with zero attached hydrogens (tertiary/aromatic N) is 2. The molecule has 1 rings (SSSR count). The highest BCUT2D eigenvalue weighted by Gasteiger charge is 2.21. The Morgan fingerprint density at radius 2 is 1.62 bits per heavy atom. The highest BCUT2D eigenvalue weighted by molar-refractivity contribution is 5.84. The third kappa shape index (κ3) is 6.44. The fourth-order valence-electron chi connectivity index (χ4n) is 2.36. The first-order valence-corrected chi connectivity index (χ1v) is 7.10. The Morgan fingerprint density at radius 1 is 1.10 bits per heavy atom. The summed E-state index contributed by atoms with van der Waals surface area (Å²) < 4.78 is 0. The van der Waals surface area contributed by atoms with E-state index in [0.29, 0.717) is 6.54 Å². The number of nitrogens with one attached hydrogen (secondary N) is 1. The summed E-state index contributed by atoms with van der Waals surface area (Å²) in [7, 11) is 0. The van der Waals surface area contributed by atoms with Crippen LogP contribution in [0.25, 0.3) is 0 Å². The largest absolute Gasteiger partial charge is 0.480 e. The number of urea groups is 1. The lowest BCUT2D eigenvalue weighted by Crippen LogP contribution is -2.50. The van der Waals surface area contributed by atoms with Crippen molar-refractivity contribution in [1.29, 1.82) is 0 Å². The molecular formula is C13H23N3O5. The molecule has 8 heteroatoms. The summed E-state index contributed by atoms with van der Waals surface area (Å²) in [5, 5.41) is 20.0. The molecule has 21 heavy (non-hydrogen) atoms. The van der Waals surface area contributed by atoms with Crippen LogP contribution >= 0.6 is 0 Å². The summed E-state index contributed by atoms with van der Waals surface area (Å²) in [6.45, 7) is 3.08. The SMILES string of the molecule is CC(CNC(=O)N(CC(=O)O)CC(=O)O)N1CCCCC1. The average Bonchev–Trinajstić information content (AvgIpc) is 2.43. The van der Waals surface area contributed by atoms with E-state index in [-0.39, 0.29) is 6.04 Å². The van der Waals surface area contributed by atoms with Gasteiger partial charge in [0.05, 0.1) is 0 Å². The van der Waals surface area contributed by atoms with Crippen molar-refractivity contribution >= 4 is 18.0 Å². The highest BCUT2D eigenvalue weighted by Crippen LogP contribution is 2.11. The van der Waals surface area contributed by atoms with Gasteiger partial charge < -0.3 is 20.4 Å². The van der Waals surface area contributed by atoms with Crippen molar-refractivity contribution in [3.05, 3.63) is 0 Å². The molecule has 2 amide bonds. The molecule has 1 heterocycles. The summed E-state index contributed by atoms with van der Waals surface area (Å²) >= 11 is 0. The van der Waals surface area contributed by atoms with E-state index in [9.17, 15) is 14.4 Å². The Balaban J connectivity index is 2.44. The van der Waals surface area contributed by atoms with Crippen LogP contribution in [0.4, 0.5) is 4.79 Å². The molecule has 0 radical (unpaired) electrons. The van der Waals surface area contributed by atoms with Crippen molar-refractivity contribution in [2.75, 3.05) is 32.7 Å². The van der Waals surface area contributed by atoms with Crippen LogP contribution in [0.5, 0.6) is 0 Å². The predicted octanol–water partition coefficient (Wildman–Crippen LogP) is 0.0416. The van der Waals surface area contributed by atoms with Crippen molar-refractivity contribution in [2.45, 2.75) is 32.2 Å². The number of carboxylic acids is 2. The lowest BCUT2D eigenvalue weighted by molar-refractivity contribution is -0.140. The Labute approximate surface area is 123 Å². The number of carbonyl (C=O) groups is 3. The molecule has 1 atom stereocenters. The second kappa shape index (κ2) is 8.46. The first kappa shape index (κ1) is 17.2. The van der Waals surface area contributed by atoms with Crippen molar-refractivity contribution in [1.82, 2.24) is 15.1 Å². The van der Waals surface area contributed by atoms with Crippen molar-refractivity contribution in [3.8, 4) is 0 Å². The van der Waals surface area contributed by atoms with Crippen LogP contribution in [0.1, 0.15) is 26.2 Å². The third-order valence-corrected chi connectivity index (χ3v) is 3.50. The van der Waals surface area contributed by atoms with Gasteiger partial charge in [-0.05, 0) is 32.9 Å². The second-order valence-electron chi connectivity index (χ2n) is 5.28. The third-order valence-electron chi connectivity index (χ3n) is 3.50. The zero-order valence-corrected chi connectivity index (χ0v) is 12.2. The lowest BCUT2D eigenvalue weighted by atomic mass is 10.1. The van der Waals surface area contributed by atoms with Crippen LogP contribution < -0.4 is 5.32 Å². The molecule has 0 saturated carbocycles. The quantitative estimate of drug-likeness (QED) is 0.612. The molecule has 1 aliphatic heterocycles. The van der Waals surface area contributed by atoms with Crippen molar-refractivity contribution in [3.63, 3.8) is 0 Å². The van der Waals surface area contributed by atoms with E-state index in [0.717, 1.165) is 30.8 Å². The van der Waals surface area contributed by atoms with E-state index in [4.69, 9.17) is 10.2 Å². The molecule has 0 spiro atoms. The minimum absolute atomic E-state index is 0.144. The number of likely N-dealkylation sites (tertiary alicyclic amines) is 1. The number of carbonyl (C=O) groups excluding carboxylic acids is 1. The smallest absolute Gasteiger partial charge is 0.323 e. The van der Waals surface area contributed by atoms with Gasteiger partial charge >= 0.3 is 18.0 Å². The first-order valence-electron chi connectivity index (χ1n) is 7.10. The van der Waals surface area contributed by atoms with Crippen LogP contribution in [-0.4, -0.2) is 76.7 Å². The molecule has 8 nitrogen and oxygen atoms in total. The first-order chi connectivity index (χ1) is 9.90. The summed E-state index contributed by atoms with van der Waals surface area (Å²) in [5.74, 6) is -2.48. The average molecular weight is 301 g/mol. The maximum Gasteiger partial charge on any atom is 0.323 e. The molecule has 1 aliphatic rings. The standard InChI is InChI=1S/C13H23N3O5/c1-10(15-5-3-2-4-6-15)7-14-13(21)16(8-11(17)18)9-12(19)20/h10H,2-9H2,1H3,(H,14,21)(H,17,18)(H,19,20). The number of rotatable bonds is 7. The number of carboxylic acid groups (broad SMARTS) is 2. The summed E-state index contributed by atoms with van der Waals surface area (Å²) in [6.07, 6.45) is 3.51. The summed E-state index contributed by atoms with van der Waals surface area (Å²) in [4.78, 5) is 36.2. The van der Waals surface area contributed by atoms with E-state index >= 15 is 0 Å². The van der Waals surface area contributed by atoms with E-state index < -0.39 is 31.1 Å². The van der Waals surface area contributed by atoms with Gasteiger partial charge in [0.1, 0.15) is 13.1 Å². The topological polar surface area (TPSA) is 110 Å². The number of piperidine rings is 1. The summed E-state index contributed by atoms with van der Waals surface area (Å²) in [6, 6.07) is -0.519. The molecule has 0 aromatic heterocycles. The van der Waals surface area contributed by atoms with E-state index in [1.54, 1.807) is 0 Å². The monoisotopic (exact) mass is 301 g/mol. The van der Waals surface area contributed by atoms with Crippen LogP contribution in [0, 0.1) is 0 Å². The van der Waals surface area contributed by atoms with Gasteiger partial charge in [-0.3, -0.25) is 14.5 Å². The molecule has 1 saturated heterocycles. The number of aliphatic carboxylic acids is 2. The molecule has 1 unspecified atom stereocenters. The zero-order valence-electron chi connectivity index (χ0n) is 12.2. The Kier molecular flexibility index (Phi) is 6.93. The number of hydrogen-bond donors (Lipinski definition) is 3. The highest BCUT2D eigenvalue weighted by atomic mass is 16.4. The van der Waals surface area contributed by atoms with E-state index in [1.807, 2.05) is 6.92 Å². The van der Waals surface area contributed by atoms with Gasteiger partial charge in [0.25, 0.3) is 0 Å². The van der Waals surface area contributed by atoms with Gasteiger partial charge in [-0.1, -0.05) is 6.42 Å². The van der Waals surface area contributed by atoms with Gasteiger partial charge in [0.2, 0.25) is 0 Å². The van der Waals surface area contributed by atoms with Crippen molar-refractivity contribution in [2.24, 2.45) is 0 Å². The van der Waals surface area contributed by atoms with Gasteiger partial charge in [-0.15, -0.1) is 0 Å². The Morgan fingerprint density at radius 3 is 2.10 bits per heavy atom. The van der Waals surface area contributed by atoms with Crippen LogP contribution in [0.3, 0.4) is 0 Å². The lowest BCUT2D eigenvalue weighted by Gasteiger charge is -2.32. The molecular weight excluding hydrogens is 278 g/mol. The fourth-order valence-corrected chi connectivity index (χ4v) is 2.36. The van der Waals surface area contributed by atoms with Gasteiger partial charge in [0, 0.05) is 12.6 Å². The minimum atomic E-state index is -1.24. The second-order valence-corrected chi connectivity index (χ2v) is 5.28. The van der Waals surface area contributed by atoms with Gasteiger partial charge in [0.15, 0.2) is 0 Å². The fraction of sp³-hybridized carbons (Fsp3) is 0.769. The molecule has 0 aromatic carbocycles. The molecule has 0 bridgehead atoms. The normalized spacial score (nSPS) is 17.0. The number of hydrogen-bond acceptors (Lipinski definition) is 4. The number of amides is 2. The van der Waals surface area contributed by atoms with E-state index in [1.165, 1.54) is 6.42 Å². The maximum absolute atomic E-state index is 11.9. The van der Waals surface area contributed by atoms with Gasteiger partial charge in [-0.25, -0.2) is 4.79 Å². The predicted molar refractivity (Wildman–Crippen MR) is 75.1 cm³/mol. The Bertz CT molecular complexity index is 366. The molecule has 1 fully saturated rings. The van der Waals surface area contributed by atoms with Crippen LogP contribution in [0.2, 0.25) is 0 Å². The summed E-state index contributed by atoms with van der Waals surface area (Å²) in [5.41, 5.74) is 0. The van der Waals surface area contributed by atoms with Crippen LogP contribution in [0.15, 0.2) is 0 Å². The molecule has 0 aromatic rings. The van der Waals surface area contributed by atoms with Crippen molar-refractivity contribution < 1.29 is 24.6 Å². The Hall–Kier alpha value is -1.83. The van der Waals surface area contributed by atoms with E-state index in [2.05, 4.69) is 10.2 Å². The van der Waals surface area contributed by atoms with Crippen LogP contribution in [-0.2, 0) is 9.59 Å². The minimum Gasteiger partial charge on any atom is -0.480 e. The molecule has 0 aliphatic carbocycles.